The molecule has 1 aromatic rings. The minimum Gasteiger partial charge on any atom is -0.349 e. The molecule has 1 aromatic carbocycles. The number of nitrogens with one attached hydrogen (secondary N) is 1. The van der Waals surface area contributed by atoms with Gasteiger partial charge in [0.2, 0.25) is 0 Å². The minimum atomic E-state index is -4.32. The Balaban J connectivity index is 1.81. The predicted molar refractivity (Wildman–Crippen MR) is 94.7 cm³/mol. The van der Waals surface area contributed by atoms with Crippen LogP contribution in [-0.2, 0) is 0 Å². The molecule has 0 spiro atoms. The van der Waals surface area contributed by atoms with Crippen LogP contribution in [0, 0.1) is 0 Å². The number of likely N-dealkylation sites (tertiary alicyclic amines) is 1. The second-order valence-corrected chi connectivity index (χ2v) is 7.54. The third-order valence-electron chi connectivity index (χ3n) is 4.03. The standard InChI is InChI=1S/C18H23F3N2OS/c1-13(2)7-10-23-11-8-15(9-12-23)22-17(24)14-3-5-16(6-4-14)25-18(19,20)21/h3-7,15H,8-12H2,1-2H3,(H,22,24). The van der Waals surface area contributed by atoms with E-state index in [0.717, 1.165) is 32.5 Å². The molecular weight excluding hydrogens is 349 g/mol. The van der Waals surface area contributed by atoms with Gasteiger partial charge in [-0.3, -0.25) is 9.69 Å². The summed E-state index contributed by atoms with van der Waals surface area (Å²) >= 11 is -0.178. The van der Waals surface area contributed by atoms with Crippen LogP contribution in [0.4, 0.5) is 13.2 Å². The van der Waals surface area contributed by atoms with E-state index in [1.807, 2.05) is 0 Å². The fourth-order valence-electron chi connectivity index (χ4n) is 2.65. The van der Waals surface area contributed by atoms with Crippen molar-refractivity contribution in [2.24, 2.45) is 0 Å². The summed E-state index contributed by atoms with van der Waals surface area (Å²) in [4.78, 5) is 14.7. The first kappa shape index (κ1) is 19.8. The SMILES string of the molecule is CC(C)=CCN1CCC(NC(=O)c2ccc(SC(F)(F)F)cc2)CC1. The van der Waals surface area contributed by atoms with Crippen molar-refractivity contribution in [3.8, 4) is 0 Å². The Morgan fingerprint density at radius 1 is 1.24 bits per heavy atom. The van der Waals surface area contributed by atoms with E-state index in [9.17, 15) is 18.0 Å². The summed E-state index contributed by atoms with van der Waals surface area (Å²) in [6.07, 6.45) is 3.95. The first-order chi connectivity index (χ1) is 11.7. The molecule has 1 aliphatic rings. The van der Waals surface area contributed by atoms with Crippen LogP contribution in [0.1, 0.15) is 37.0 Å². The number of nitrogens with zero attached hydrogens (tertiary/aromatic N) is 1. The summed E-state index contributed by atoms with van der Waals surface area (Å²) < 4.78 is 36.9. The number of thioether (sulfide) groups is 1. The molecule has 0 unspecified atom stereocenters. The van der Waals surface area contributed by atoms with Crippen LogP contribution >= 0.6 is 11.8 Å². The molecule has 0 bridgehead atoms. The topological polar surface area (TPSA) is 32.3 Å². The number of rotatable bonds is 5. The van der Waals surface area contributed by atoms with Crippen molar-refractivity contribution in [2.45, 2.75) is 43.1 Å². The van der Waals surface area contributed by atoms with Crippen LogP contribution in [0.5, 0.6) is 0 Å². The first-order valence-electron chi connectivity index (χ1n) is 8.25. The maximum atomic E-state index is 12.3. The first-order valence-corrected chi connectivity index (χ1v) is 9.07. The third-order valence-corrected chi connectivity index (χ3v) is 4.77. The van der Waals surface area contributed by atoms with Gasteiger partial charge in [-0.1, -0.05) is 11.6 Å². The van der Waals surface area contributed by atoms with Gasteiger partial charge in [0.25, 0.3) is 5.91 Å². The van der Waals surface area contributed by atoms with Crippen LogP contribution in [-0.4, -0.2) is 42.0 Å². The van der Waals surface area contributed by atoms with E-state index in [1.165, 1.54) is 29.8 Å². The molecular formula is C18H23F3N2OS. The average Bonchev–Trinajstić information content (AvgIpc) is 2.53. The Kier molecular flexibility index (Phi) is 6.95. The van der Waals surface area contributed by atoms with Crippen molar-refractivity contribution in [1.29, 1.82) is 0 Å². The van der Waals surface area contributed by atoms with E-state index >= 15 is 0 Å². The summed E-state index contributed by atoms with van der Waals surface area (Å²) in [6.45, 7) is 6.93. The van der Waals surface area contributed by atoms with Crippen LogP contribution in [0.2, 0.25) is 0 Å². The van der Waals surface area contributed by atoms with E-state index in [4.69, 9.17) is 0 Å². The molecule has 0 aliphatic carbocycles. The van der Waals surface area contributed by atoms with Crippen molar-refractivity contribution in [3.05, 3.63) is 41.5 Å². The number of carbonyl (C=O) groups is 1. The molecule has 7 heteroatoms. The molecule has 25 heavy (non-hydrogen) atoms. The maximum Gasteiger partial charge on any atom is 0.446 e. The second-order valence-electron chi connectivity index (χ2n) is 6.40. The molecule has 0 saturated carbocycles. The highest BCUT2D eigenvalue weighted by molar-refractivity contribution is 8.00. The van der Waals surface area contributed by atoms with Crippen molar-refractivity contribution in [1.82, 2.24) is 10.2 Å². The van der Waals surface area contributed by atoms with Gasteiger partial charge in [0.05, 0.1) is 0 Å². The van der Waals surface area contributed by atoms with Gasteiger partial charge in [0.15, 0.2) is 0 Å². The van der Waals surface area contributed by atoms with Gasteiger partial charge in [-0.25, -0.2) is 0 Å². The van der Waals surface area contributed by atoms with Crippen molar-refractivity contribution < 1.29 is 18.0 Å². The van der Waals surface area contributed by atoms with E-state index < -0.39 is 5.51 Å². The Morgan fingerprint density at radius 2 is 1.84 bits per heavy atom. The highest BCUT2D eigenvalue weighted by Crippen LogP contribution is 2.36. The number of hydrogen-bond donors (Lipinski definition) is 1. The zero-order valence-corrected chi connectivity index (χ0v) is 15.2. The summed E-state index contributed by atoms with van der Waals surface area (Å²) in [6, 6.07) is 5.64. The number of amides is 1. The number of alkyl halides is 3. The zero-order chi connectivity index (χ0) is 18.4. The minimum absolute atomic E-state index is 0.0802. The highest BCUT2D eigenvalue weighted by atomic mass is 32.2. The normalized spacial score (nSPS) is 16.5. The third kappa shape index (κ3) is 7.12. The number of carbonyl (C=O) groups excluding carboxylic acids is 1. The molecule has 2 rings (SSSR count). The predicted octanol–water partition coefficient (Wildman–Crippen LogP) is 4.46. The van der Waals surface area contributed by atoms with Gasteiger partial charge in [0.1, 0.15) is 0 Å². The molecule has 0 radical (unpaired) electrons. The molecule has 0 aromatic heterocycles. The van der Waals surface area contributed by atoms with Crippen LogP contribution in [0.3, 0.4) is 0 Å². The zero-order valence-electron chi connectivity index (χ0n) is 14.4. The molecule has 0 atom stereocenters. The maximum absolute atomic E-state index is 12.3. The fraction of sp³-hybridized carbons (Fsp3) is 0.500. The number of halogens is 3. The van der Waals surface area contributed by atoms with Crippen molar-refractivity contribution in [3.63, 3.8) is 0 Å². The molecule has 1 saturated heterocycles. The summed E-state index contributed by atoms with van der Waals surface area (Å²) in [5.41, 5.74) is -2.63. The van der Waals surface area contributed by atoms with E-state index in [0.29, 0.717) is 5.56 Å². The molecule has 1 amide bonds. The Hall–Kier alpha value is -1.47. The van der Waals surface area contributed by atoms with Crippen molar-refractivity contribution >= 4 is 17.7 Å². The molecule has 1 N–H and O–H groups in total. The largest absolute Gasteiger partial charge is 0.446 e. The van der Waals surface area contributed by atoms with Crippen LogP contribution in [0.25, 0.3) is 0 Å². The van der Waals surface area contributed by atoms with Gasteiger partial charge in [-0.15, -0.1) is 0 Å². The Bertz CT molecular complexity index is 602. The molecule has 3 nitrogen and oxygen atoms in total. The summed E-state index contributed by atoms with van der Waals surface area (Å²) in [5, 5.41) is 2.98. The summed E-state index contributed by atoms with van der Waals surface area (Å²) in [5.74, 6) is -0.230. The van der Waals surface area contributed by atoms with Gasteiger partial charge < -0.3 is 5.32 Å². The smallest absolute Gasteiger partial charge is 0.349 e. The van der Waals surface area contributed by atoms with Crippen LogP contribution < -0.4 is 5.32 Å². The lowest BCUT2D eigenvalue weighted by molar-refractivity contribution is -0.0328. The van der Waals surface area contributed by atoms with Gasteiger partial charge in [-0.2, -0.15) is 13.2 Å². The number of hydrogen-bond acceptors (Lipinski definition) is 3. The van der Waals surface area contributed by atoms with Crippen LogP contribution in [0.15, 0.2) is 40.8 Å². The van der Waals surface area contributed by atoms with Gasteiger partial charge in [0, 0.05) is 36.1 Å². The lowest BCUT2D eigenvalue weighted by Gasteiger charge is -2.31. The second kappa shape index (κ2) is 8.76. The monoisotopic (exact) mass is 372 g/mol. The molecule has 1 heterocycles. The number of benzene rings is 1. The van der Waals surface area contributed by atoms with E-state index in [1.54, 1.807) is 0 Å². The van der Waals surface area contributed by atoms with Gasteiger partial charge in [-0.05, 0) is 62.7 Å². The molecule has 138 valence electrons. The van der Waals surface area contributed by atoms with Gasteiger partial charge >= 0.3 is 5.51 Å². The molecule has 1 aliphatic heterocycles. The highest BCUT2D eigenvalue weighted by Gasteiger charge is 2.29. The lowest BCUT2D eigenvalue weighted by atomic mass is 10.0. The quantitative estimate of drug-likeness (QED) is 0.612. The fourth-order valence-corrected chi connectivity index (χ4v) is 3.19. The molecule has 1 fully saturated rings. The number of allylic oxidation sites excluding steroid dienone is 1. The average molecular weight is 372 g/mol. The van der Waals surface area contributed by atoms with Crippen molar-refractivity contribution in [2.75, 3.05) is 19.6 Å². The Labute approximate surface area is 150 Å². The van der Waals surface area contributed by atoms with E-state index in [2.05, 4.69) is 30.1 Å². The summed E-state index contributed by atoms with van der Waals surface area (Å²) in [7, 11) is 0. The Morgan fingerprint density at radius 3 is 2.36 bits per heavy atom. The number of piperidine rings is 1. The van der Waals surface area contributed by atoms with E-state index in [-0.39, 0.29) is 28.6 Å². The lowest BCUT2D eigenvalue weighted by Crippen LogP contribution is -2.44.